The molecule has 0 radical (unpaired) electrons. The molecular formula is C22H23N3O3. The number of hydrogen-bond donors (Lipinski definition) is 3. The predicted molar refractivity (Wildman–Crippen MR) is 110 cm³/mol. The summed E-state index contributed by atoms with van der Waals surface area (Å²) < 4.78 is 5.54. The maximum absolute atomic E-state index is 12.7. The van der Waals surface area contributed by atoms with Gasteiger partial charge in [-0.2, -0.15) is 0 Å². The number of H-pyrrole nitrogens is 1. The van der Waals surface area contributed by atoms with E-state index in [4.69, 9.17) is 4.74 Å². The third kappa shape index (κ3) is 3.33. The van der Waals surface area contributed by atoms with Gasteiger partial charge in [-0.05, 0) is 48.2 Å². The zero-order valence-electron chi connectivity index (χ0n) is 16.3. The van der Waals surface area contributed by atoms with Crippen LogP contribution in [0.5, 0.6) is 5.75 Å². The number of carbonyl (C=O) groups excluding carboxylic acids is 2. The fraction of sp³-hybridized carbons (Fsp3) is 0.273. The minimum absolute atomic E-state index is 0.0366. The van der Waals surface area contributed by atoms with Crippen molar-refractivity contribution < 1.29 is 14.3 Å². The molecule has 0 fully saturated rings. The molecule has 2 aromatic carbocycles. The number of carbonyl (C=O) groups is 2. The summed E-state index contributed by atoms with van der Waals surface area (Å²) in [5.41, 5.74) is 3.77. The summed E-state index contributed by atoms with van der Waals surface area (Å²) in [5.74, 6) is 0.136. The third-order valence-electron chi connectivity index (χ3n) is 4.90. The molecule has 3 N–H and O–H groups in total. The van der Waals surface area contributed by atoms with Crippen molar-refractivity contribution in [2.75, 3.05) is 10.6 Å². The van der Waals surface area contributed by atoms with Crippen LogP contribution in [0.3, 0.4) is 0 Å². The van der Waals surface area contributed by atoms with Crippen LogP contribution in [0.4, 0.5) is 11.4 Å². The Kier molecular flexibility index (Phi) is 4.14. The van der Waals surface area contributed by atoms with Crippen molar-refractivity contribution in [3.63, 3.8) is 0 Å². The Balaban J connectivity index is 1.57. The number of fused-ring (bicyclic) bond motifs is 2. The summed E-state index contributed by atoms with van der Waals surface area (Å²) in [6.45, 7) is 8.16. The first-order valence-corrected chi connectivity index (χ1v) is 9.27. The van der Waals surface area contributed by atoms with Crippen molar-refractivity contribution in [3.05, 3.63) is 53.7 Å². The molecule has 1 aliphatic rings. The van der Waals surface area contributed by atoms with E-state index in [2.05, 4.69) is 48.5 Å². The summed E-state index contributed by atoms with van der Waals surface area (Å²) >= 11 is 0. The van der Waals surface area contributed by atoms with E-state index in [1.165, 1.54) is 5.56 Å². The molecule has 28 heavy (non-hydrogen) atoms. The van der Waals surface area contributed by atoms with Gasteiger partial charge in [0.15, 0.2) is 6.10 Å². The lowest BCUT2D eigenvalue weighted by molar-refractivity contribution is -0.122. The van der Waals surface area contributed by atoms with Gasteiger partial charge in [0.2, 0.25) is 0 Å². The van der Waals surface area contributed by atoms with Gasteiger partial charge in [0.1, 0.15) is 11.4 Å². The molecule has 3 aromatic rings. The molecule has 1 unspecified atom stereocenters. The second-order valence-electron chi connectivity index (χ2n) is 8.15. The van der Waals surface area contributed by atoms with Gasteiger partial charge in [0, 0.05) is 16.6 Å². The fourth-order valence-electron chi connectivity index (χ4n) is 3.20. The topological polar surface area (TPSA) is 83.2 Å². The van der Waals surface area contributed by atoms with Crippen molar-refractivity contribution in [2.45, 2.75) is 39.2 Å². The molecule has 0 saturated carbocycles. The molecule has 0 saturated heterocycles. The molecule has 1 aromatic heterocycles. The molecule has 4 rings (SSSR count). The number of hydrogen-bond acceptors (Lipinski definition) is 3. The van der Waals surface area contributed by atoms with Crippen LogP contribution in [-0.4, -0.2) is 22.9 Å². The molecule has 2 heterocycles. The molecule has 6 heteroatoms. The molecule has 0 spiro atoms. The second-order valence-corrected chi connectivity index (χ2v) is 8.15. The standard InChI is InChI=1S/C22H23N3O3/c1-12-20(26)25-17-11-15(7-8-19(17)28-12)23-21(27)18-9-13-5-6-14(22(2,3)4)10-16(13)24-18/h5-12,24H,1-4H3,(H,23,27)(H,25,26). The van der Waals surface area contributed by atoms with Gasteiger partial charge in [-0.25, -0.2) is 0 Å². The zero-order valence-corrected chi connectivity index (χ0v) is 16.3. The molecule has 2 amide bonds. The Bertz CT molecular complexity index is 1090. The van der Waals surface area contributed by atoms with Gasteiger partial charge >= 0.3 is 0 Å². The molecule has 144 valence electrons. The molecule has 0 bridgehead atoms. The van der Waals surface area contributed by atoms with Crippen LogP contribution in [0.1, 0.15) is 43.7 Å². The maximum Gasteiger partial charge on any atom is 0.272 e. The highest BCUT2D eigenvalue weighted by Crippen LogP contribution is 2.32. The van der Waals surface area contributed by atoms with Crippen molar-refractivity contribution in [1.29, 1.82) is 0 Å². The van der Waals surface area contributed by atoms with Crippen LogP contribution in [0.15, 0.2) is 42.5 Å². The van der Waals surface area contributed by atoms with Gasteiger partial charge in [-0.1, -0.05) is 32.9 Å². The highest BCUT2D eigenvalue weighted by Gasteiger charge is 2.24. The third-order valence-corrected chi connectivity index (χ3v) is 4.90. The van der Waals surface area contributed by atoms with Crippen molar-refractivity contribution >= 4 is 34.1 Å². The lowest BCUT2D eigenvalue weighted by Crippen LogP contribution is -2.34. The van der Waals surface area contributed by atoms with Crippen LogP contribution < -0.4 is 15.4 Å². The van der Waals surface area contributed by atoms with E-state index >= 15 is 0 Å². The highest BCUT2D eigenvalue weighted by atomic mass is 16.5. The number of ether oxygens (including phenoxy) is 1. The van der Waals surface area contributed by atoms with Gasteiger partial charge in [0.25, 0.3) is 11.8 Å². The van der Waals surface area contributed by atoms with E-state index in [0.29, 0.717) is 22.8 Å². The molecular weight excluding hydrogens is 354 g/mol. The van der Waals surface area contributed by atoms with E-state index in [-0.39, 0.29) is 17.2 Å². The number of rotatable bonds is 2. The summed E-state index contributed by atoms with van der Waals surface area (Å²) in [5, 5.41) is 6.63. The Morgan fingerprint density at radius 2 is 1.89 bits per heavy atom. The Morgan fingerprint density at radius 1 is 1.11 bits per heavy atom. The summed E-state index contributed by atoms with van der Waals surface area (Å²) in [7, 11) is 0. The van der Waals surface area contributed by atoms with Crippen molar-refractivity contribution in [3.8, 4) is 5.75 Å². The zero-order chi connectivity index (χ0) is 20.1. The van der Waals surface area contributed by atoms with Crippen LogP contribution in [0, 0.1) is 0 Å². The minimum atomic E-state index is -0.530. The predicted octanol–water partition coefficient (Wildman–Crippen LogP) is 4.44. The first kappa shape index (κ1) is 18.1. The average Bonchev–Trinajstić information content (AvgIpc) is 3.05. The summed E-state index contributed by atoms with van der Waals surface area (Å²) in [6.07, 6.45) is -0.530. The number of nitrogens with one attached hydrogen (secondary N) is 3. The normalized spacial score (nSPS) is 16.3. The molecule has 1 atom stereocenters. The first-order chi connectivity index (χ1) is 13.2. The lowest BCUT2D eigenvalue weighted by Gasteiger charge is -2.23. The largest absolute Gasteiger partial charge is 0.479 e. The Morgan fingerprint density at radius 3 is 2.64 bits per heavy atom. The molecule has 1 aliphatic heterocycles. The average molecular weight is 377 g/mol. The smallest absolute Gasteiger partial charge is 0.272 e. The quantitative estimate of drug-likeness (QED) is 0.617. The Hall–Kier alpha value is -3.28. The Labute approximate surface area is 163 Å². The van der Waals surface area contributed by atoms with Gasteiger partial charge in [-0.15, -0.1) is 0 Å². The number of anilines is 2. The van der Waals surface area contributed by atoms with Gasteiger partial charge in [-0.3, -0.25) is 9.59 Å². The van der Waals surface area contributed by atoms with Crippen molar-refractivity contribution in [1.82, 2.24) is 4.98 Å². The SMILES string of the molecule is CC1Oc2ccc(NC(=O)c3cc4ccc(C(C)(C)C)cc4[nH]3)cc2NC1=O. The van der Waals surface area contributed by atoms with E-state index in [9.17, 15) is 9.59 Å². The van der Waals surface area contributed by atoms with Crippen molar-refractivity contribution in [2.24, 2.45) is 0 Å². The van der Waals surface area contributed by atoms with Crippen LogP contribution in [0.2, 0.25) is 0 Å². The maximum atomic E-state index is 12.7. The van der Waals surface area contributed by atoms with E-state index in [1.807, 2.05) is 12.1 Å². The van der Waals surface area contributed by atoms with E-state index < -0.39 is 6.10 Å². The molecule has 6 nitrogen and oxygen atoms in total. The van der Waals surface area contributed by atoms with E-state index in [1.54, 1.807) is 25.1 Å². The van der Waals surface area contributed by atoms with Crippen LogP contribution in [0.25, 0.3) is 10.9 Å². The number of benzene rings is 2. The fourth-order valence-corrected chi connectivity index (χ4v) is 3.20. The first-order valence-electron chi connectivity index (χ1n) is 9.27. The van der Waals surface area contributed by atoms with Crippen LogP contribution in [-0.2, 0) is 10.2 Å². The second kappa shape index (κ2) is 6.41. The van der Waals surface area contributed by atoms with E-state index in [0.717, 1.165) is 10.9 Å². The number of amides is 2. The minimum Gasteiger partial charge on any atom is -0.479 e. The number of aromatic amines is 1. The lowest BCUT2D eigenvalue weighted by atomic mass is 9.87. The van der Waals surface area contributed by atoms with Crippen LogP contribution >= 0.6 is 0 Å². The summed E-state index contributed by atoms with van der Waals surface area (Å²) in [6, 6.07) is 13.2. The number of aromatic nitrogens is 1. The van der Waals surface area contributed by atoms with Gasteiger partial charge < -0.3 is 20.4 Å². The highest BCUT2D eigenvalue weighted by molar-refractivity contribution is 6.06. The summed E-state index contributed by atoms with van der Waals surface area (Å²) in [4.78, 5) is 27.7. The molecule has 0 aliphatic carbocycles. The van der Waals surface area contributed by atoms with Gasteiger partial charge in [0.05, 0.1) is 5.69 Å². The monoisotopic (exact) mass is 377 g/mol.